The van der Waals surface area contributed by atoms with Crippen LogP contribution in [-0.4, -0.2) is 15.6 Å². The molecule has 0 radical (unpaired) electrons. The summed E-state index contributed by atoms with van der Waals surface area (Å²) in [6.45, 7) is 1.69. The molecule has 0 saturated carbocycles. The molecule has 1 heterocycles. The molecule has 0 saturated heterocycles. The third-order valence-corrected chi connectivity index (χ3v) is 2.54. The average Bonchev–Trinajstić information content (AvgIpc) is 2.39. The van der Waals surface area contributed by atoms with Gasteiger partial charge in [-0.1, -0.05) is 18.2 Å². The van der Waals surface area contributed by atoms with Gasteiger partial charge < -0.3 is 10.7 Å². The Morgan fingerprint density at radius 2 is 2.11 bits per heavy atom. The van der Waals surface area contributed by atoms with Gasteiger partial charge in [-0.2, -0.15) is 0 Å². The van der Waals surface area contributed by atoms with E-state index in [1.165, 1.54) is 18.5 Å². The summed E-state index contributed by atoms with van der Waals surface area (Å²) in [7, 11) is 0. The number of nitrogens with zero attached hydrogens (tertiary/aromatic N) is 2. The quantitative estimate of drug-likeness (QED) is 0.499. The second kappa shape index (κ2) is 5.26. The van der Waals surface area contributed by atoms with Gasteiger partial charge in [0.1, 0.15) is 6.20 Å². The van der Waals surface area contributed by atoms with E-state index in [9.17, 15) is 10.1 Å². The van der Waals surface area contributed by atoms with Crippen LogP contribution in [0.25, 0.3) is 0 Å². The highest BCUT2D eigenvalue weighted by molar-refractivity contribution is 6.01. The van der Waals surface area contributed by atoms with Gasteiger partial charge in [0.25, 0.3) is 5.69 Å². The van der Waals surface area contributed by atoms with Crippen LogP contribution in [0.1, 0.15) is 12.5 Å². The molecule has 0 aliphatic heterocycles. The lowest BCUT2D eigenvalue weighted by Crippen LogP contribution is -2.00. The molecule has 1 aromatic heterocycles. The minimum absolute atomic E-state index is 0.0749. The molecule has 0 aliphatic rings. The number of pyridine rings is 1. The maximum absolute atomic E-state index is 10.7. The van der Waals surface area contributed by atoms with Crippen LogP contribution >= 0.6 is 0 Å². The van der Waals surface area contributed by atoms with Gasteiger partial charge >= 0.3 is 0 Å². The number of nitro groups is 1. The molecule has 6 heteroatoms. The van der Waals surface area contributed by atoms with Gasteiger partial charge in [-0.05, 0) is 13.0 Å². The first kappa shape index (κ1) is 12.7. The molecule has 6 nitrogen and oxygen atoms in total. The molecule has 19 heavy (non-hydrogen) atoms. The summed E-state index contributed by atoms with van der Waals surface area (Å²) in [5, 5.41) is 21.4. The smallest absolute Gasteiger partial charge is 0.289 e. The lowest BCUT2D eigenvalue weighted by molar-refractivity contribution is -0.385. The Morgan fingerprint density at radius 3 is 2.79 bits per heavy atom. The van der Waals surface area contributed by atoms with E-state index in [2.05, 4.69) is 10.3 Å². The van der Waals surface area contributed by atoms with Crippen LogP contribution in [0.15, 0.2) is 42.7 Å². The first-order valence-electron chi connectivity index (χ1n) is 5.59. The number of benzene rings is 1. The standard InChI is InChI=1S/C13H12N4O2/c1-9(14)12-4-2-3-5-13(12)16-10-6-11(17(18)19)8-15-7-10/h2-8,14,16H,1H3. The van der Waals surface area contributed by atoms with E-state index in [0.29, 0.717) is 11.4 Å². The van der Waals surface area contributed by atoms with Gasteiger partial charge in [0.05, 0.1) is 16.8 Å². The fourth-order valence-corrected chi connectivity index (χ4v) is 1.67. The van der Waals surface area contributed by atoms with E-state index in [4.69, 9.17) is 5.41 Å². The molecule has 0 fully saturated rings. The maximum atomic E-state index is 10.7. The van der Waals surface area contributed by atoms with Crippen molar-refractivity contribution < 1.29 is 4.92 Å². The number of nitrogens with one attached hydrogen (secondary N) is 2. The van der Waals surface area contributed by atoms with Gasteiger partial charge in [-0.3, -0.25) is 15.1 Å². The summed E-state index contributed by atoms with van der Waals surface area (Å²) in [5.74, 6) is 0. The monoisotopic (exact) mass is 256 g/mol. The van der Waals surface area contributed by atoms with E-state index < -0.39 is 4.92 Å². The van der Waals surface area contributed by atoms with Crippen molar-refractivity contribution in [1.82, 2.24) is 4.98 Å². The third-order valence-electron chi connectivity index (χ3n) is 2.54. The molecule has 2 N–H and O–H groups in total. The molecule has 0 amide bonds. The molecular weight excluding hydrogens is 244 g/mol. The molecule has 96 valence electrons. The summed E-state index contributed by atoms with van der Waals surface area (Å²) in [5.41, 5.74) is 2.32. The minimum atomic E-state index is -0.494. The van der Waals surface area contributed by atoms with Gasteiger partial charge in [-0.25, -0.2) is 0 Å². The SMILES string of the molecule is CC(=N)c1ccccc1Nc1cncc([N+](=O)[O-])c1. The number of anilines is 2. The summed E-state index contributed by atoms with van der Waals surface area (Å²) in [4.78, 5) is 14.0. The molecular formula is C13H12N4O2. The number of hydrogen-bond acceptors (Lipinski definition) is 5. The van der Waals surface area contributed by atoms with Gasteiger partial charge in [0, 0.05) is 23.0 Å². The third kappa shape index (κ3) is 2.92. The van der Waals surface area contributed by atoms with Crippen molar-refractivity contribution in [3.05, 3.63) is 58.4 Å². The van der Waals surface area contributed by atoms with E-state index in [0.717, 1.165) is 11.3 Å². The van der Waals surface area contributed by atoms with Gasteiger partial charge in [0.2, 0.25) is 0 Å². The molecule has 0 bridgehead atoms. The Hall–Kier alpha value is -2.76. The molecule has 1 aromatic carbocycles. The molecule has 0 unspecified atom stereocenters. The van der Waals surface area contributed by atoms with E-state index in [1.807, 2.05) is 24.3 Å². The predicted molar refractivity (Wildman–Crippen MR) is 73.1 cm³/mol. The lowest BCUT2D eigenvalue weighted by atomic mass is 10.1. The van der Waals surface area contributed by atoms with E-state index in [-0.39, 0.29) is 5.69 Å². The molecule has 2 aromatic rings. The predicted octanol–water partition coefficient (Wildman–Crippen LogP) is 3.12. The van der Waals surface area contributed by atoms with E-state index >= 15 is 0 Å². The first-order chi connectivity index (χ1) is 9.08. The largest absolute Gasteiger partial charge is 0.354 e. The van der Waals surface area contributed by atoms with Crippen LogP contribution in [0, 0.1) is 15.5 Å². The van der Waals surface area contributed by atoms with Crippen molar-refractivity contribution in [2.45, 2.75) is 6.92 Å². The zero-order valence-corrected chi connectivity index (χ0v) is 10.3. The summed E-state index contributed by atoms with van der Waals surface area (Å²) >= 11 is 0. The van der Waals surface area contributed by atoms with Crippen LogP contribution in [0.5, 0.6) is 0 Å². The fraction of sp³-hybridized carbons (Fsp3) is 0.0769. The Balaban J connectivity index is 2.34. The van der Waals surface area contributed by atoms with Crippen LogP contribution in [-0.2, 0) is 0 Å². The van der Waals surface area contributed by atoms with Gasteiger partial charge in [-0.15, -0.1) is 0 Å². The normalized spacial score (nSPS) is 9.95. The Kier molecular flexibility index (Phi) is 3.51. The van der Waals surface area contributed by atoms with Crippen LogP contribution in [0.4, 0.5) is 17.1 Å². The molecule has 0 atom stereocenters. The lowest BCUT2D eigenvalue weighted by Gasteiger charge is -2.10. The number of para-hydroxylation sites is 1. The van der Waals surface area contributed by atoms with Crippen LogP contribution < -0.4 is 5.32 Å². The highest BCUT2D eigenvalue weighted by Gasteiger charge is 2.08. The van der Waals surface area contributed by atoms with Crippen molar-refractivity contribution in [2.75, 3.05) is 5.32 Å². The summed E-state index contributed by atoms with van der Waals surface area (Å²) < 4.78 is 0. The first-order valence-corrected chi connectivity index (χ1v) is 5.59. The minimum Gasteiger partial charge on any atom is -0.354 e. The second-order valence-electron chi connectivity index (χ2n) is 3.98. The topological polar surface area (TPSA) is 91.9 Å². The van der Waals surface area contributed by atoms with Crippen LogP contribution in [0.3, 0.4) is 0 Å². The average molecular weight is 256 g/mol. The van der Waals surface area contributed by atoms with Crippen molar-refractivity contribution in [1.29, 1.82) is 5.41 Å². The summed E-state index contributed by atoms with van der Waals surface area (Å²) in [6.07, 6.45) is 2.70. The Labute approximate surface area is 109 Å². The number of hydrogen-bond donors (Lipinski definition) is 2. The number of rotatable bonds is 4. The van der Waals surface area contributed by atoms with Gasteiger partial charge in [0.15, 0.2) is 0 Å². The maximum Gasteiger partial charge on any atom is 0.289 e. The highest BCUT2D eigenvalue weighted by Crippen LogP contribution is 2.23. The van der Waals surface area contributed by atoms with Crippen molar-refractivity contribution >= 4 is 22.8 Å². The molecule has 0 spiro atoms. The van der Waals surface area contributed by atoms with E-state index in [1.54, 1.807) is 6.92 Å². The second-order valence-corrected chi connectivity index (χ2v) is 3.98. The highest BCUT2D eigenvalue weighted by atomic mass is 16.6. The molecule has 2 rings (SSSR count). The van der Waals surface area contributed by atoms with Crippen molar-refractivity contribution in [2.24, 2.45) is 0 Å². The zero-order valence-electron chi connectivity index (χ0n) is 10.3. The Bertz CT molecular complexity index is 640. The fourth-order valence-electron chi connectivity index (χ4n) is 1.67. The number of aromatic nitrogens is 1. The van der Waals surface area contributed by atoms with Crippen LogP contribution in [0.2, 0.25) is 0 Å². The Morgan fingerprint density at radius 1 is 1.37 bits per heavy atom. The van der Waals surface area contributed by atoms with Crippen molar-refractivity contribution in [3.63, 3.8) is 0 Å². The van der Waals surface area contributed by atoms with Crippen molar-refractivity contribution in [3.8, 4) is 0 Å². The zero-order chi connectivity index (χ0) is 13.8. The molecule has 0 aliphatic carbocycles. The summed E-state index contributed by atoms with van der Waals surface area (Å²) in [6, 6.07) is 8.70.